The second-order valence-corrected chi connectivity index (χ2v) is 3.79. The number of rotatable bonds is 3. The van der Waals surface area contributed by atoms with Gasteiger partial charge in [-0.1, -0.05) is 18.2 Å². The quantitative estimate of drug-likeness (QED) is 0.566. The maximum absolute atomic E-state index is 11.5. The minimum absolute atomic E-state index is 0.394. The topological polar surface area (TPSA) is 79.6 Å². The molecular formula is C10H16N4O2. The lowest BCUT2D eigenvalue weighted by Gasteiger charge is -2.41. The number of nitrogens with zero attached hydrogens (tertiary/aromatic N) is 1. The van der Waals surface area contributed by atoms with Crippen molar-refractivity contribution < 1.29 is 9.53 Å². The van der Waals surface area contributed by atoms with E-state index in [1.807, 2.05) is 23.1 Å². The van der Waals surface area contributed by atoms with Gasteiger partial charge in [-0.2, -0.15) is 0 Å². The molecule has 6 heteroatoms. The van der Waals surface area contributed by atoms with E-state index in [2.05, 4.69) is 10.9 Å². The maximum Gasteiger partial charge on any atom is 0.229 e. The highest BCUT2D eigenvalue weighted by molar-refractivity contribution is 5.80. The van der Waals surface area contributed by atoms with E-state index in [1.165, 1.54) is 0 Å². The fourth-order valence-corrected chi connectivity index (χ4v) is 2.14. The molecule has 2 unspecified atom stereocenters. The van der Waals surface area contributed by atoms with E-state index in [4.69, 9.17) is 10.5 Å². The van der Waals surface area contributed by atoms with Crippen LogP contribution in [0.5, 0.6) is 0 Å². The Balaban J connectivity index is 2.32. The summed E-state index contributed by atoms with van der Waals surface area (Å²) in [7, 11) is 1.58. The van der Waals surface area contributed by atoms with Crippen LogP contribution in [-0.4, -0.2) is 37.0 Å². The van der Waals surface area contributed by atoms with Gasteiger partial charge in [0.05, 0.1) is 13.3 Å². The number of hydrogen-bond acceptors (Lipinski definition) is 5. The van der Waals surface area contributed by atoms with E-state index in [0.29, 0.717) is 13.3 Å². The van der Waals surface area contributed by atoms with Crippen LogP contribution in [0.3, 0.4) is 0 Å². The summed E-state index contributed by atoms with van der Waals surface area (Å²) in [5.74, 6) is -0.876. The summed E-state index contributed by atoms with van der Waals surface area (Å²) < 4.78 is 5.54. The number of allylic oxidation sites excluding steroid dienone is 2. The van der Waals surface area contributed by atoms with Gasteiger partial charge in [-0.05, 0) is 6.08 Å². The third-order valence-electron chi connectivity index (χ3n) is 2.99. The van der Waals surface area contributed by atoms with Gasteiger partial charge in [0, 0.05) is 7.11 Å². The Morgan fingerprint density at radius 2 is 2.19 bits per heavy atom. The summed E-state index contributed by atoms with van der Waals surface area (Å²) in [5.41, 5.74) is 10.6. The molecule has 1 heterocycles. The molecule has 0 saturated carbocycles. The van der Waals surface area contributed by atoms with Crippen LogP contribution < -0.4 is 16.6 Å². The van der Waals surface area contributed by atoms with Gasteiger partial charge in [0.15, 0.2) is 5.72 Å². The molecule has 1 saturated heterocycles. The smallest absolute Gasteiger partial charge is 0.229 e. The van der Waals surface area contributed by atoms with Crippen LogP contribution in [-0.2, 0) is 9.53 Å². The Morgan fingerprint density at radius 3 is 2.75 bits per heavy atom. The van der Waals surface area contributed by atoms with Gasteiger partial charge < -0.3 is 10.5 Å². The summed E-state index contributed by atoms with van der Waals surface area (Å²) in [5, 5.41) is 0. The summed E-state index contributed by atoms with van der Waals surface area (Å²) in [6.45, 7) is 1.19. The number of hydrogen-bond donors (Lipinski definition) is 3. The fraction of sp³-hybridized carbons (Fsp3) is 0.500. The summed E-state index contributed by atoms with van der Waals surface area (Å²) in [6, 6.07) is 0. The van der Waals surface area contributed by atoms with Gasteiger partial charge in [-0.3, -0.25) is 4.79 Å². The number of ether oxygens (including phenoxy) is 1. The molecule has 16 heavy (non-hydrogen) atoms. The van der Waals surface area contributed by atoms with E-state index < -0.39 is 17.6 Å². The molecule has 2 aliphatic rings. The molecule has 2 rings (SSSR count). The second-order valence-electron chi connectivity index (χ2n) is 3.79. The minimum Gasteiger partial charge on any atom is -0.369 e. The molecule has 4 N–H and O–H groups in total. The predicted molar refractivity (Wildman–Crippen MR) is 58.5 cm³/mol. The van der Waals surface area contributed by atoms with Crippen molar-refractivity contribution in [1.82, 2.24) is 15.8 Å². The molecule has 2 atom stereocenters. The fourth-order valence-electron chi connectivity index (χ4n) is 2.14. The first-order chi connectivity index (χ1) is 7.70. The lowest BCUT2D eigenvalue weighted by molar-refractivity contribution is -0.147. The van der Waals surface area contributed by atoms with Crippen molar-refractivity contribution in [2.24, 2.45) is 11.7 Å². The third-order valence-corrected chi connectivity index (χ3v) is 2.99. The van der Waals surface area contributed by atoms with Crippen LogP contribution in [0, 0.1) is 5.92 Å². The zero-order valence-electron chi connectivity index (χ0n) is 9.14. The largest absolute Gasteiger partial charge is 0.369 e. The molecule has 0 bridgehead atoms. The van der Waals surface area contributed by atoms with Crippen molar-refractivity contribution >= 4 is 5.91 Å². The first kappa shape index (κ1) is 11.3. The second kappa shape index (κ2) is 4.34. The highest BCUT2D eigenvalue weighted by Crippen LogP contribution is 2.31. The van der Waals surface area contributed by atoms with Crippen molar-refractivity contribution in [3.63, 3.8) is 0 Å². The number of hydrazine groups is 1. The molecule has 6 nitrogen and oxygen atoms in total. The first-order valence-corrected chi connectivity index (χ1v) is 5.12. The highest BCUT2D eigenvalue weighted by atomic mass is 16.5. The third kappa shape index (κ3) is 1.65. The molecule has 1 fully saturated rings. The molecule has 0 aromatic heterocycles. The number of carbonyl (C=O) groups is 1. The number of carbonyl (C=O) groups excluding carboxylic acids is 1. The molecule has 0 radical (unpaired) electrons. The molecule has 0 aromatic carbocycles. The normalized spacial score (nSPS) is 34.4. The molecule has 1 amide bonds. The Hall–Kier alpha value is -1.21. The van der Waals surface area contributed by atoms with Crippen LogP contribution in [0.25, 0.3) is 0 Å². The average Bonchev–Trinajstić information content (AvgIpc) is 2.82. The van der Waals surface area contributed by atoms with Gasteiger partial charge in [-0.15, -0.1) is 0 Å². The number of nitrogens with one attached hydrogen (secondary N) is 2. The lowest BCUT2D eigenvalue weighted by Crippen LogP contribution is -2.57. The van der Waals surface area contributed by atoms with Crippen LogP contribution in [0.15, 0.2) is 24.3 Å². The van der Waals surface area contributed by atoms with Gasteiger partial charge in [-0.25, -0.2) is 15.8 Å². The summed E-state index contributed by atoms with van der Waals surface area (Å²) in [4.78, 5) is 13.4. The highest BCUT2D eigenvalue weighted by Gasteiger charge is 2.46. The number of methoxy groups -OCH3 is 1. The van der Waals surface area contributed by atoms with Crippen LogP contribution >= 0.6 is 0 Å². The molecule has 0 aromatic rings. The van der Waals surface area contributed by atoms with Crippen molar-refractivity contribution in [1.29, 1.82) is 0 Å². The Labute approximate surface area is 94.1 Å². The van der Waals surface area contributed by atoms with Crippen LogP contribution in [0.2, 0.25) is 0 Å². The van der Waals surface area contributed by atoms with E-state index in [0.717, 1.165) is 0 Å². The van der Waals surface area contributed by atoms with Gasteiger partial charge in [0.25, 0.3) is 0 Å². The average molecular weight is 224 g/mol. The monoisotopic (exact) mass is 224 g/mol. The molecule has 88 valence electrons. The van der Waals surface area contributed by atoms with Crippen molar-refractivity contribution in [3.05, 3.63) is 24.3 Å². The number of primary amides is 1. The number of nitrogens with two attached hydrogens (primary N) is 1. The first-order valence-electron chi connectivity index (χ1n) is 5.12. The number of amides is 1. The van der Waals surface area contributed by atoms with Gasteiger partial charge >= 0.3 is 0 Å². The van der Waals surface area contributed by atoms with E-state index in [9.17, 15) is 4.79 Å². The van der Waals surface area contributed by atoms with Crippen LogP contribution in [0.4, 0.5) is 0 Å². The maximum atomic E-state index is 11.5. The molecule has 1 aliphatic carbocycles. The van der Waals surface area contributed by atoms with Gasteiger partial charge in [0.2, 0.25) is 5.91 Å². The standard InChI is InChI=1S/C10H16N4O2/c1-16-10(14-6-12-13-7-14)5-3-2-4-8(10)9(11)15/h2-5,8,12-13H,6-7H2,1H3,(H2,11,15). The van der Waals surface area contributed by atoms with Crippen molar-refractivity contribution in [3.8, 4) is 0 Å². The Bertz CT molecular complexity index is 336. The Morgan fingerprint density at radius 1 is 1.50 bits per heavy atom. The predicted octanol–water partition coefficient (Wildman–Crippen LogP) is -1.12. The molecular weight excluding hydrogens is 208 g/mol. The van der Waals surface area contributed by atoms with E-state index in [-0.39, 0.29) is 0 Å². The summed E-state index contributed by atoms with van der Waals surface area (Å²) >= 11 is 0. The zero-order valence-corrected chi connectivity index (χ0v) is 9.14. The van der Waals surface area contributed by atoms with Crippen molar-refractivity contribution in [2.75, 3.05) is 20.4 Å². The molecule has 1 aliphatic heterocycles. The zero-order chi connectivity index (χ0) is 11.6. The SMILES string of the molecule is COC1(N2CNNC2)C=CC=CC1C(N)=O. The lowest BCUT2D eigenvalue weighted by atomic mass is 9.89. The van der Waals surface area contributed by atoms with Gasteiger partial charge in [0.1, 0.15) is 5.92 Å². The van der Waals surface area contributed by atoms with E-state index in [1.54, 1.807) is 13.2 Å². The Kier molecular flexibility index (Phi) is 3.06. The molecule has 0 spiro atoms. The van der Waals surface area contributed by atoms with Crippen LogP contribution in [0.1, 0.15) is 0 Å². The minimum atomic E-state index is -0.795. The van der Waals surface area contributed by atoms with Crippen molar-refractivity contribution in [2.45, 2.75) is 5.72 Å². The van der Waals surface area contributed by atoms with E-state index >= 15 is 0 Å². The summed E-state index contributed by atoms with van der Waals surface area (Å²) in [6.07, 6.45) is 7.30.